The molecule has 1 aromatic heterocycles. The monoisotopic (exact) mass is 194 g/mol. The van der Waals surface area contributed by atoms with Crippen LogP contribution < -0.4 is 11.6 Å². The highest BCUT2D eigenvalue weighted by atomic mass is 32.1. The number of rotatable bonds is 1. The second-order valence-corrected chi connectivity index (χ2v) is 3.67. The Morgan fingerprint density at radius 2 is 2.38 bits per heavy atom. The fraction of sp³-hybridized carbons (Fsp3) is 0.125. The van der Waals surface area contributed by atoms with Crippen molar-refractivity contribution in [3.8, 4) is 0 Å². The van der Waals surface area contributed by atoms with Crippen LogP contribution in [-0.2, 0) is 0 Å². The Bertz CT molecular complexity index is 352. The van der Waals surface area contributed by atoms with Crippen molar-refractivity contribution >= 4 is 17.0 Å². The van der Waals surface area contributed by atoms with Gasteiger partial charge in [-0.3, -0.25) is 10.0 Å². The Morgan fingerprint density at radius 1 is 1.54 bits per heavy atom. The van der Waals surface area contributed by atoms with E-state index in [1.54, 1.807) is 17.5 Å². The van der Waals surface area contributed by atoms with Gasteiger partial charge in [0.15, 0.2) is 0 Å². The van der Waals surface area contributed by atoms with E-state index >= 15 is 0 Å². The van der Waals surface area contributed by atoms with Crippen molar-refractivity contribution in [2.75, 3.05) is 6.67 Å². The molecule has 13 heavy (non-hydrogen) atoms. The quantitative estimate of drug-likeness (QED) is 0.639. The zero-order valence-corrected chi connectivity index (χ0v) is 7.79. The lowest BCUT2D eigenvalue weighted by Gasteiger charge is -2.18. The van der Waals surface area contributed by atoms with Gasteiger partial charge < -0.3 is 5.73 Å². The number of aliphatic imine (C=N–C) groups is 1. The summed E-state index contributed by atoms with van der Waals surface area (Å²) in [5.41, 5.74) is 7.24. The van der Waals surface area contributed by atoms with Crippen LogP contribution in [0.4, 0.5) is 0 Å². The van der Waals surface area contributed by atoms with E-state index in [1.165, 1.54) is 5.01 Å². The Balaban J connectivity index is 2.32. The SMILES string of the molecule is NC1=CN(N)CN=C1c1cccs1. The summed E-state index contributed by atoms with van der Waals surface area (Å²) in [6.45, 7) is 0.466. The van der Waals surface area contributed by atoms with Crippen LogP contribution in [0.25, 0.3) is 0 Å². The Kier molecular flexibility index (Phi) is 2.03. The van der Waals surface area contributed by atoms with Crippen LogP contribution in [0.15, 0.2) is 34.4 Å². The van der Waals surface area contributed by atoms with Gasteiger partial charge in [-0.15, -0.1) is 11.3 Å². The van der Waals surface area contributed by atoms with Gasteiger partial charge in [0, 0.05) is 6.20 Å². The van der Waals surface area contributed by atoms with Crippen LogP contribution in [0.2, 0.25) is 0 Å². The molecule has 0 fully saturated rings. The molecule has 0 spiro atoms. The van der Waals surface area contributed by atoms with Gasteiger partial charge in [-0.2, -0.15) is 0 Å². The highest BCUT2D eigenvalue weighted by Gasteiger charge is 2.12. The molecule has 0 unspecified atom stereocenters. The largest absolute Gasteiger partial charge is 0.396 e. The van der Waals surface area contributed by atoms with Gasteiger partial charge in [-0.05, 0) is 11.4 Å². The minimum Gasteiger partial charge on any atom is -0.396 e. The van der Waals surface area contributed by atoms with Crippen LogP contribution in [0.3, 0.4) is 0 Å². The number of allylic oxidation sites excluding steroid dienone is 1. The zero-order chi connectivity index (χ0) is 9.26. The molecule has 4 N–H and O–H groups in total. The molecule has 2 heterocycles. The van der Waals surface area contributed by atoms with Gasteiger partial charge in [0.05, 0.1) is 10.6 Å². The predicted octanol–water partition coefficient (Wildman–Crippen LogP) is 0.484. The number of nitrogens with zero attached hydrogens (tertiary/aromatic N) is 2. The lowest BCUT2D eigenvalue weighted by Crippen LogP contribution is -2.32. The first-order valence-corrected chi connectivity index (χ1v) is 4.72. The van der Waals surface area contributed by atoms with E-state index in [4.69, 9.17) is 11.6 Å². The van der Waals surface area contributed by atoms with E-state index in [9.17, 15) is 0 Å². The first kappa shape index (κ1) is 8.28. The molecule has 0 bridgehead atoms. The third kappa shape index (κ3) is 1.56. The van der Waals surface area contributed by atoms with E-state index < -0.39 is 0 Å². The summed E-state index contributed by atoms with van der Waals surface area (Å²) < 4.78 is 0. The van der Waals surface area contributed by atoms with Crippen molar-refractivity contribution in [2.24, 2.45) is 16.6 Å². The molecular formula is C8H10N4S. The number of hydrazine groups is 1. The van der Waals surface area contributed by atoms with Crippen LogP contribution in [0, 0.1) is 0 Å². The normalized spacial score (nSPS) is 16.8. The minimum atomic E-state index is 0.466. The summed E-state index contributed by atoms with van der Waals surface area (Å²) in [7, 11) is 0. The van der Waals surface area contributed by atoms with Crippen molar-refractivity contribution in [3.05, 3.63) is 34.3 Å². The van der Waals surface area contributed by atoms with Crippen LogP contribution in [0.5, 0.6) is 0 Å². The summed E-state index contributed by atoms with van der Waals surface area (Å²) in [4.78, 5) is 5.35. The third-order valence-corrected chi connectivity index (χ3v) is 2.60. The summed E-state index contributed by atoms with van der Waals surface area (Å²) in [5, 5.41) is 3.46. The van der Waals surface area contributed by atoms with Gasteiger partial charge in [0.1, 0.15) is 12.4 Å². The molecule has 0 aromatic carbocycles. The molecule has 0 amide bonds. The summed E-state index contributed by atoms with van der Waals surface area (Å²) >= 11 is 1.62. The van der Waals surface area contributed by atoms with E-state index in [-0.39, 0.29) is 0 Å². The fourth-order valence-electron chi connectivity index (χ4n) is 1.16. The number of hydrogen-bond acceptors (Lipinski definition) is 5. The Labute approximate surface area is 80.1 Å². The molecule has 68 valence electrons. The first-order chi connectivity index (χ1) is 6.27. The first-order valence-electron chi connectivity index (χ1n) is 3.84. The van der Waals surface area contributed by atoms with Crippen molar-refractivity contribution in [1.29, 1.82) is 0 Å². The molecule has 1 aliphatic heterocycles. The molecule has 2 rings (SSSR count). The van der Waals surface area contributed by atoms with E-state index in [2.05, 4.69) is 4.99 Å². The average Bonchev–Trinajstić information content (AvgIpc) is 2.56. The van der Waals surface area contributed by atoms with Gasteiger partial charge in [0.2, 0.25) is 0 Å². The minimum absolute atomic E-state index is 0.466. The lowest BCUT2D eigenvalue weighted by atomic mass is 10.2. The molecule has 1 aliphatic rings. The van der Waals surface area contributed by atoms with Crippen molar-refractivity contribution in [3.63, 3.8) is 0 Å². The molecule has 5 heteroatoms. The second-order valence-electron chi connectivity index (χ2n) is 2.72. The van der Waals surface area contributed by atoms with Crippen LogP contribution in [-0.4, -0.2) is 17.4 Å². The van der Waals surface area contributed by atoms with E-state index in [0.29, 0.717) is 12.4 Å². The third-order valence-electron chi connectivity index (χ3n) is 1.73. The zero-order valence-electron chi connectivity index (χ0n) is 6.97. The standard InChI is InChI=1S/C8H10N4S/c9-6-4-12(10)5-11-8(6)7-2-1-3-13-7/h1-4H,5,9-10H2. The molecule has 4 nitrogen and oxygen atoms in total. The Morgan fingerprint density at radius 3 is 3.00 bits per heavy atom. The molecule has 0 radical (unpaired) electrons. The molecule has 0 saturated carbocycles. The van der Waals surface area contributed by atoms with Gasteiger partial charge in [-0.25, -0.2) is 5.84 Å². The molecule has 1 aromatic rings. The average molecular weight is 194 g/mol. The van der Waals surface area contributed by atoms with Gasteiger partial charge in [-0.1, -0.05) is 6.07 Å². The summed E-state index contributed by atoms with van der Waals surface area (Å²) in [5.74, 6) is 5.51. The Hall–Kier alpha value is -1.33. The summed E-state index contributed by atoms with van der Waals surface area (Å²) in [6, 6.07) is 3.97. The van der Waals surface area contributed by atoms with Crippen molar-refractivity contribution < 1.29 is 0 Å². The highest BCUT2D eigenvalue weighted by Crippen LogP contribution is 2.15. The highest BCUT2D eigenvalue weighted by molar-refractivity contribution is 7.12. The molecule has 0 atom stereocenters. The molecular weight excluding hydrogens is 184 g/mol. The van der Waals surface area contributed by atoms with Crippen molar-refractivity contribution in [1.82, 2.24) is 5.01 Å². The smallest absolute Gasteiger partial charge is 0.124 e. The molecule has 0 aliphatic carbocycles. The fourth-order valence-corrected chi connectivity index (χ4v) is 1.91. The van der Waals surface area contributed by atoms with Crippen molar-refractivity contribution in [2.45, 2.75) is 0 Å². The van der Waals surface area contributed by atoms with E-state index in [0.717, 1.165) is 10.6 Å². The number of nitrogens with two attached hydrogens (primary N) is 2. The van der Waals surface area contributed by atoms with Crippen LogP contribution >= 0.6 is 11.3 Å². The van der Waals surface area contributed by atoms with Gasteiger partial charge >= 0.3 is 0 Å². The summed E-state index contributed by atoms with van der Waals surface area (Å²) in [6.07, 6.45) is 1.70. The van der Waals surface area contributed by atoms with Gasteiger partial charge in [0.25, 0.3) is 0 Å². The maximum absolute atomic E-state index is 5.78. The topological polar surface area (TPSA) is 67.6 Å². The number of hydrogen-bond donors (Lipinski definition) is 2. The van der Waals surface area contributed by atoms with Crippen LogP contribution in [0.1, 0.15) is 4.88 Å². The second kappa shape index (κ2) is 3.20. The molecule has 0 saturated heterocycles. The predicted molar refractivity (Wildman–Crippen MR) is 54.0 cm³/mol. The maximum Gasteiger partial charge on any atom is 0.124 e. The maximum atomic E-state index is 5.78. The van der Waals surface area contributed by atoms with E-state index in [1.807, 2.05) is 17.5 Å². The number of thiophene rings is 1. The lowest BCUT2D eigenvalue weighted by molar-refractivity contribution is 0.400.